The van der Waals surface area contributed by atoms with Gasteiger partial charge >= 0.3 is 0 Å². The first kappa shape index (κ1) is 27.9. The monoisotopic (exact) mass is 621 g/mol. The van der Waals surface area contributed by atoms with E-state index in [-0.39, 0.29) is 5.41 Å². The van der Waals surface area contributed by atoms with Crippen LogP contribution in [0.1, 0.15) is 36.1 Å². The summed E-state index contributed by atoms with van der Waals surface area (Å²) < 4.78 is 0. The second-order valence-corrected chi connectivity index (χ2v) is 13.9. The van der Waals surface area contributed by atoms with E-state index in [2.05, 4.69) is 135 Å². The summed E-state index contributed by atoms with van der Waals surface area (Å²) in [7, 11) is 0. The molecule has 0 bridgehead atoms. The van der Waals surface area contributed by atoms with Gasteiger partial charge < -0.3 is 0 Å². The Morgan fingerprint density at radius 2 is 1.28 bits per heavy atom. The standard InChI is InChI=1S/C43H31N3S/c1-43(2)35-20-8-9-21-37(35)47-38-23-22-29(26-36(38)43)33-18-6-7-19-34(33)42-45-40(28-12-4-3-5-13-28)44-41(46-42)32-24-30-16-10-14-27-15-11-17-31(25-32)39(27)30/h3-14,16-26H,15H2,1-2H3. The lowest BCUT2D eigenvalue weighted by Gasteiger charge is -2.35. The molecule has 0 saturated heterocycles. The van der Waals surface area contributed by atoms with Crippen LogP contribution in [-0.4, -0.2) is 15.0 Å². The van der Waals surface area contributed by atoms with Crippen LogP contribution in [0.4, 0.5) is 0 Å². The zero-order valence-electron chi connectivity index (χ0n) is 26.2. The molecule has 7 aromatic rings. The largest absolute Gasteiger partial charge is 0.208 e. The Labute approximate surface area is 279 Å². The lowest BCUT2D eigenvalue weighted by atomic mass is 9.77. The van der Waals surface area contributed by atoms with E-state index in [0.717, 1.165) is 34.2 Å². The van der Waals surface area contributed by atoms with Crippen molar-refractivity contribution < 1.29 is 0 Å². The summed E-state index contributed by atoms with van der Waals surface area (Å²) in [5.41, 5.74) is 10.4. The number of rotatable bonds is 4. The van der Waals surface area contributed by atoms with Crippen LogP contribution in [0.5, 0.6) is 0 Å². The number of hydrogen-bond donors (Lipinski definition) is 0. The van der Waals surface area contributed by atoms with E-state index in [1.165, 1.54) is 42.8 Å². The van der Waals surface area contributed by atoms with Gasteiger partial charge in [0, 0.05) is 31.9 Å². The van der Waals surface area contributed by atoms with E-state index >= 15 is 0 Å². The highest BCUT2D eigenvalue weighted by molar-refractivity contribution is 7.99. The van der Waals surface area contributed by atoms with Gasteiger partial charge in [0.05, 0.1) is 0 Å². The van der Waals surface area contributed by atoms with E-state index in [9.17, 15) is 0 Å². The molecule has 2 heterocycles. The molecule has 0 radical (unpaired) electrons. The van der Waals surface area contributed by atoms with Crippen LogP contribution in [0, 0.1) is 0 Å². The summed E-state index contributed by atoms with van der Waals surface area (Å²) in [5.74, 6) is 2.00. The summed E-state index contributed by atoms with van der Waals surface area (Å²) in [5, 5.41) is 2.52. The fourth-order valence-corrected chi connectivity index (χ4v) is 8.54. The lowest BCUT2D eigenvalue weighted by molar-refractivity contribution is 0.607. The molecule has 47 heavy (non-hydrogen) atoms. The minimum Gasteiger partial charge on any atom is -0.208 e. The Hall–Kier alpha value is -5.32. The third-order valence-corrected chi connectivity index (χ3v) is 10.7. The van der Waals surface area contributed by atoms with Crippen molar-refractivity contribution in [2.24, 2.45) is 0 Å². The van der Waals surface area contributed by atoms with Gasteiger partial charge in [-0.3, -0.25) is 0 Å². The number of fused-ring (bicyclic) bond motifs is 2. The van der Waals surface area contributed by atoms with Gasteiger partial charge in [0.1, 0.15) is 0 Å². The van der Waals surface area contributed by atoms with Crippen molar-refractivity contribution in [2.45, 2.75) is 35.5 Å². The molecule has 1 aliphatic carbocycles. The summed E-state index contributed by atoms with van der Waals surface area (Å²) in [6.07, 6.45) is 5.42. The predicted molar refractivity (Wildman–Crippen MR) is 195 cm³/mol. The molecule has 0 spiro atoms. The second kappa shape index (κ2) is 10.9. The van der Waals surface area contributed by atoms with Crippen molar-refractivity contribution in [3.63, 3.8) is 0 Å². The molecule has 0 saturated carbocycles. The number of hydrogen-bond acceptors (Lipinski definition) is 4. The highest BCUT2D eigenvalue weighted by Gasteiger charge is 2.33. The minimum atomic E-state index is -0.117. The maximum atomic E-state index is 5.20. The van der Waals surface area contributed by atoms with Crippen molar-refractivity contribution in [1.82, 2.24) is 15.0 Å². The van der Waals surface area contributed by atoms with Crippen LogP contribution < -0.4 is 0 Å². The van der Waals surface area contributed by atoms with E-state index < -0.39 is 0 Å². The summed E-state index contributed by atoms with van der Waals surface area (Å²) in [4.78, 5) is 18.0. The van der Waals surface area contributed by atoms with Gasteiger partial charge in [-0.2, -0.15) is 0 Å². The van der Waals surface area contributed by atoms with Gasteiger partial charge in [-0.05, 0) is 80.9 Å². The third kappa shape index (κ3) is 4.71. The molecule has 1 aliphatic heterocycles. The lowest BCUT2D eigenvalue weighted by Crippen LogP contribution is -2.23. The number of nitrogens with zero attached hydrogens (tertiary/aromatic N) is 3. The molecule has 3 nitrogen and oxygen atoms in total. The van der Waals surface area contributed by atoms with Crippen molar-refractivity contribution in [1.29, 1.82) is 0 Å². The number of aromatic nitrogens is 3. The van der Waals surface area contributed by atoms with Gasteiger partial charge in [-0.1, -0.05) is 135 Å². The topological polar surface area (TPSA) is 38.7 Å². The Balaban J connectivity index is 1.22. The van der Waals surface area contributed by atoms with Crippen LogP contribution >= 0.6 is 11.8 Å². The first-order valence-electron chi connectivity index (χ1n) is 16.1. The maximum absolute atomic E-state index is 5.20. The zero-order chi connectivity index (χ0) is 31.5. The van der Waals surface area contributed by atoms with E-state index in [1.54, 1.807) is 0 Å². The molecule has 4 heteroatoms. The fraction of sp³-hybridized carbons (Fsp3) is 0.0930. The first-order chi connectivity index (χ1) is 23.0. The normalized spacial score (nSPS) is 14.1. The molecular weight excluding hydrogens is 591 g/mol. The van der Waals surface area contributed by atoms with E-state index in [0.29, 0.717) is 17.5 Å². The zero-order valence-corrected chi connectivity index (χ0v) is 27.1. The highest BCUT2D eigenvalue weighted by Crippen LogP contribution is 2.50. The SMILES string of the molecule is CC1(C)c2ccccc2Sc2ccc(-c3ccccc3-c3nc(-c4ccccc4)nc(-c4cc5c6c(cccc6c4)CC=C5)n3)cc21. The van der Waals surface area contributed by atoms with Gasteiger partial charge in [0.15, 0.2) is 17.5 Å². The predicted octanol–water partition coefficient (Wildman–Crippen LogP) is 11.1. The van der Waals surface area contributed by atoms with E-state index in [4.69, 9.17) is 15.0 Å². The van der Waals surface area contributed by atoms with Gasteiger partial charge in [-0.25, -0.2) is 15.0 Å². The summed E-state index contributed by atoms with van der Waals surface area (Å²) in [6, 6.07) is 45.4. The maximum Gasteiger partial charge on any atom is 0.164 e. The van der Waals surface area contributed by atoms with Crippen molar-refractivity contribution in [2.75, 3.05) is 0 Å². The molecular formula is C43H31N3S. The van der Waals surface area contributed by atoms with Gasteiger partial charge in [-0.15, -0.1) is 0 Å². The molecule has 0 fully saturated rings. The highest BCUT2D eigenvalue weighted by atomic mass is 32.2. The smallest absolute Gasteiger partial charge is 0.164 e. The molecule has 0 atom stereocenters. The van der Waals surface area contributed by atoms with Crippen molar-refractivity contribution >= 4 is 28.6 Å². The van der Waals surface area contributed by atoms with Crippen LogP contribution in [0.2, 0.25) is 0 Å². The molecule has 0 N–H and O–H groups in total. The summed E-state index contributed by atoms with van der Waals surface area (Å²) >= 11 is 1.86. The third-order valence-electron chi connectivity index (χ3n) is 9.57. The van der Waals surface area contributed by atoms with Crippen LogP contribution in [0.25, 0.3) is 62.1 Å². The van der Waals surface area contributed by atoms with Gasteiger partial charge in [0.2, 0.25) is 0 Å². The molecule has 6 aromatic carbocycles. The number of benzene rings is 6. The summed E-state index contributed by atoms with van der Waals surface area (Å²) in [6.45, 7) is 4.67. The first-order valence-corrected chi connectivity index (χ1v) is 16.9. The van der Waals surface area contributed by atoms with Crippen LogP contribution in [0.15, 0.2) is 143 Å². The Morgan fingerprint density at radius 1 is 0.553 bits per heavy atom. The molecule has 0 unspecified atom stereocenters. The molecule has 224 valence electrons. The fourth-order valence-electron chi connectivity index (χ4n) is 7.17. The van der Waals surface area contributed by atoms with Gasteiger partial charge in [0.25, 0.3) is 0 Å². The Morgan fingerprint density at radius 3 is 2.15 bits per heavy atom. The Bertz CT molecular complexity index is 2390. The minimum absolute atomic E-state index is 0.117. The second-order valence-electron chi connectivity index (χ2n) is 12.8. The molecule has 9 rings (SSSR count). The van der Waals surface area contributed by atoms with Crippen molar-refractivity contribution in [3.8, 4) is 45.3 Å². The average Bonchev–Trinajstić information content (AvgIpc) is 3.12. The molecule has 2 aliphatic rings. The Kier molecular flexibility index (Phi) is 6.48. The number of allylic oxidation sites excluding steroid dienone is 1. The van der Waals surface area contributed by atoms with E-state index in [1.807, 2.05) is 30.0 Å². The quantitative estimate of drug-likeness (QED) is 0.196. The average molecular weight is 622 g/mol. The van der Waals surface area contributed by atoms with Crippen LogP contribution in [0.3, 0.4) is 0 Å². The van der Waals surface area contributed by atoms with Crippen LogP contribution in [-0.2, 0) is 11.8 Å². The molecule has 0 amide bonds. The van der Waals surface area contributed by atoms with Crippen molar-refractivity contribution in [3.05, 3.63) is 156 Å². The molecule has 1 aromatic heterocycles.